The lowest BCUT2D eigenvalue weighted by atomic mass is 9.83. The van der Waals surface area contributed by atoms with E-state index in [1.54, 1.807) is 49.5 Å². The number of aromatic nitrogens is 4. The van der Waals surface area contributed by atoms with Crippen molar-refractivity contribution in [3.63, 3.8) is 0 Å². The Kier molecular flexibility index (Phi) is 14.3. The van der Waals surface area contributed by atoms with Gasteiger partial charge in [-0.1, -0.05) is 26.5 Å². The van der Waals surface area contributed by atoms with Gasteiger partial charge in [-0.15, -0.1) is 0 Å². The van der Waals surface area contributed by atoms with Crippen LogP contribution in [0.2, 0.25) is 0 Å². The summed E-state index contributed by atoms with van der Waals surface area (Å²) < 4.78 is 20.3. The van der Waals surface area contributed by atoms with Crippen molar-refractivity contribution in [3.8, 4) is 11.3 Å². The van der Waals surface area contributed by atoms with Crippen LogP contribution in [-0.4, -0.2) is 130 Å². The van der Waals surface area contributed by atoms with Gasteiger partial charge in [0.15, 0.2) is 5.82 Å². The molecule has 422 valence electrons. The molecule has 1 unspecified atom stereocenters. The highest BCUT2D eigenvalue weighted by molar-refractivity contribution is 7.46. The van der Waals surface area contributed by atoms with E-state index in [4.69, 9.17) is 9.51 Å². The number of pyridine rings is 1. The number of piperazine rings is 1. The predicted molar refractivity (Wildman–Crippen MR) is 303 cm³/mol. The zero-order chi connectivity index (χ0) is 56.7. The number of anilines is 6. The first-order valence-electron chi connectivity index (χ1n) is 27.6. The van der Waals surface area contributed by atoms with E-state index >= 15 is 0 Å². The largest absolute Gasteiger partial charge is 0.470 e. The molecule has 22 heteroatoms. The van der Waals surface area contributed by atoms with E-state index in [0.29, 0.717) is 103 Å². The molecule has 5 N–H and O–H groups in total. The Bertz CT molecular complexity index is 3470. The molecule has 2 saturated heterocycles. The first-order chi connectivity index (χ1) is 38.0. The maximum atomic E-state index is 14.2. The van der Waals surface area contributed by atoms with Gasteiger partial charge in [0.25, 0.3) is 23.3 Å². The average Bonchev–Trinajstić information content (AvgIpc) is 4.04. The summed E-state index contributed by atoms with van der Waals surface area (Å²) in [5.41, 5.74) is 6.33. The Morgan fingerprint density at radius 1 is 0.875 bits per heavy atom. The average molecular weight is 1110 g/mol. The molecule has 6 aliphatic rings. The fourth-order valence-electron chi connectivity index (χ4n) is 13.5. The minimum atomic E-state index is -4.72. The van der Waals surface area contributed by atoms with E-state index in [1.165, 1.54) is 26.8 Å². The number of carbonyl (C=O) groups is 4. The monoisotopic (exact) mass is 1110 g/mol. The highest BCUT2D eigenvalue weighted by Crippen LogP contribution is 2.48. The van der Waals surface area contributed by atoms with Gasteiger partial charge in [-0.3, -0.25) is 43.2 Å². The molecule has 3 atom stereocenters. The van der Waals surface area contributed by atoms with Crippen LogP contribution in [0.15, 0.2) is 78.4 Å². The molecule has 21 nitrogen and oxygen atoms in total. The molecule has 3 aromatic heterocycles. The predicted octanol–water partition coefficient (Wildman–Crippen LogP) is 6.76. The van der Waals surface area contributed by atoms with E-state index in [-0.39, 0.29) is 47.1 Å². The number of hydrogen-bond donors (Lipinski definition) is 5. The minimum Gasteiger partial charge on any atom is -0.392 e. The van der Waals surface area contributed by atoms with Crippen molar-refractivity contribution in [1.82, 2.24) is 28.9 Å². The molecular formula is C58H70N11O10P. The van der Waals surface area contributed by atoms with E-state index in [9.17, 15) is 43.4 Å². The molecule has 3 fully saturated rings. The van der Waals surface area contributed by atoms with Crippen LogP contribution >= 0.6 is 7.82 Å². The number of carbonyl (C=O) groups excluding carboxylic acids is 4. The van der Waals surface area contributed by atoms with Crippen LogP contribution in [0.5, 0.6) is 0 Å². The van der Waals surface area contributed by atoms with Crippen molar-refractivity contribution in [3.05, 3.63) is 118 Å². The van der Waals surface area contributed by atoms with Crippen molar-refractivity contribution in [2.75, 3.05) is 58.1 Å². The highest BCUT2D eigenvalue weighted by atomic mass is 31.2. The Hall–Kier alpha value is -7.00. The highest BCUT2D eigenvalue weighted by Gasteiger charge is 2.47. The van der Waals surface area contributed by atoms with Crippen molar-refractivity contribution >= 4 is 65.8 Å². The van der Waals surface area contributed by atoms with Gasteiger partial charge in [-0.05, 0) is 132 Å². The number of rotatable bonds is 13. The van der Waals surface area contributed by atoms with Crippen LogP contribution in [0.4, 0.5) is 34.4 Å². The van der Waals surface area contributed by atoms with Crippen LogP contribution in [0, 0.1) is 5.41 Å². The second kappa shape index (κ2) is 20.8. The number of nitrogens with one attached hydrogen (secondary N) is 2. The van der Waals surface area contributed by atoms with E-state index < -0.39 is 37.5 Å². The first kappa shape index (κ1) is 54.9. The number of nitrogens with zero attached hydrogens (tertiary/aromatic N) is 9. The molecule has 2 aliphatic carbocycles. The molecular weight excluding hydrogens is 1040 g/mol. The van der Waals surface area contributed by atoms with Gasteiger partial charge in [0.05, 0.1) is 46.1 Å². The summed E-state index contributed by atoms with van der Waals surface area (Å²) in [6.45, 7) is 17.5. The molecule has 2 aromatic carbocycles. The Morgan fingerprint density at radius 2 is 1.64 bits per heavy atom. The van der Waals surface area contributed by atoms with Crippen LogP contribution in [0.1, 0.15) is 121 Å². The molecule has 0 bridgehead atoms. The molecule has 1 saturated carbocycles. The summed E-state index contributed by atoms with van der Waals surface area (Å²) in [4.78, 5) is 107. The molecule has 0 radical (unpaired) electrons. The maximum absolute atomic E-state index is 14.2. The third-order valence-corrected chi connectivity index (χ3v) is 18.1. The third kappa shape index (κ3) is 10.2. The molecule has 4 amide bonds. The Labute approximate surface area is 464 Å². The van der Waals surface area contributed by atoms with Crippen LogP contribution in [0.25, 0.3) is 11.3 Å². The number of phosphoric ester groups is 1. The summed E-state index contributed by atoms with van der Waals surface area (Å²) in [6.07, 6.45) is 9.19. The fourth-order valence-corrected chi connectivity index (χ4v) is 14.3. The van der Waals surface area contributed by atoms with Gasteiger partial charge in [0, 0.05) is 105 Å². The van der Waals surface area contributed by atoms with Gasteiger partial charge >= 0.3 is 7.82 Å². The number of benzene rings is 2. The van der Waals surface area contributed by atoms with Crippen LogP contribution in [-0.2, 0) is 46.9 Å². The SMILES string of the molecule is C=CC(=O)Nc1cc(Nc2nc(-c3ccnc(N4CCn5c(cc6c5CC(C)(C)C6)C4=O)c3CO)cn(C)c2=O)ccc1N1CCN(C2CCN(c3cccc4c3C(=O)N(C3CCC(C)(OP(=O)(O)O)CC3)C4=O)[C@H](C)C2)C[C@@H]1C. The number of piperidine rings is 1. The molecule has 7 heterocycles. The van der Waals surface area contributed by atoms with Gasteiger partial charge in [-0.25, -0.2) is 14.5 Å². The number of hydrogen-bond acceptors (Lipinski definition) is 14. The minimum absolute atomic E-state index is 0.00860. The summed E-state index contributed by atoms with van der Waals surface area (Å²) >= 11 is 0. The number of aryl methyl sites for hydroxylation is 1. The molecule has 4 aliphatic heterocycles. The summed E-state index contributed by atoms with van der Waals surface area (Å²) in [5, 5.41) is 17.1. The molecule has 5 aromatic rings. The van der Waals surface area contributed by atoms with Crippen LogP contribution in [0.3, 0.4) is 0 Å². The van der Waals surface area contributed by atoms with Gasteiger partial charge in [0.1, 0.15) is 11.5 Å². The Balaban J connectivity index is 0.767. The number of fused-ring (bicyclic) bond motifs is 4. The fraction of sp³-hybridized carbons (Fsp3) is 0.466. The van der Waals surface area contributed by atoms with Crippen LogP contribution < -0.4 is 30.9 Å². The first-order valence-corrected chi connectivity index (χ1v) is 29.2. The number of imide groups is 1. The van der Waals surface area contributed by atoms with Crippen molar-refractivity contribution in [2.45, 2.75) is 129 Å². The van der Waals surface area contributed by atoms with Gasteiger partial charge in [0.2, 0.25) is 5.91 Å². The third-order valence-electron chi connectivity index (χ3n) is 17.4. The van der Waals surface area contributed by atoms with Crippen molar-refractivity contribution in [1.29, 1.82) is 0 Å². The van der Waals surface area contributed by atoms with E-state index in [2.05, 4.69) is 69.2 Å². The van der Waals surface area contributed by atoms with E-state index in [0.717, 1.165) is 50.1 Å². The zero-order valence-corrected chi connectivity index (χ0v) is 47.0. The molecule has 11 rings (SSSR count). The summed E-state index contributed by atoms with van der Waals surface area (Å²) in [5.74, 6) is -0.924. The number of aliphatic hydroxyl groups excluding tert-OH is 1. The standard InChI is InChI=1S/C58H70N11O10P/c1-8-49(71)61-43-28-37(60-51-56(75)63(7)32-44(62-51)40-16-20-59-52(42(40)33-70)68-25-24-67-47(54(68)73)27-36-29-57(4,5)30-48(36)67)12-13-45(43)66-23-22-64(31-35(66)3)39-17-21-65(34(2)26-39)46-11-9-10-41-50(46)55(74)69(53(41)72)38-14-18-58(6,19-15-38)79-80(76,77)78/h8-13,16,20,27-28,32,34-35,38-39,70H,1,14-15,17-19,21-26,29-31,33H2,2-7H3,(H,60,62)(H,61,71)(H2,76,77,78)/t34-,35+,38?,39?,58?/m1/s1. The maximum Gasteiger partial charge on any atom is 0.470 e. The smallest absolute Gasteiger partial charge is 0.392 e. The Morgan fingerprint density at radius 3 is 2.35 bits per heavy atom. The topological polar surface area (TPSA) is 248 Å². The van der Waals surface area contributed by atoms with Crippen molar-refractivity contribution < 1.29 is 43.2 Å². The normalized spacial score (nSPS) is 24.0. The second-order valence-corrected chi connectivity index (χ2v) is 24.8. The van der Waals surface area contributed by atoms with Gasteiger partial charge < -0.3 is 44.5 Å². The summed E-state index contributed by atoms with van der Waals surface area (Å²) in [6, 6.07) is 14.6. The molecule has 80 heavy (non-hydrogen) atoms. The summed E-state index contributed by atoms with van der Waals surface area (Å²) in [7, 11) is -3.10. The van der Waals surface area contributed by atoms with E-state index in [1.807, 2.05) is 30.3 Å². The second-order valence-electron chi connectivity index (χ2n) is 23.6. The lowest BCUT2D eigenvalue weighted by molar-refractivity contribution is -0.111. The number of amides is 4. The van der Waals surface area contributed by atoms with Gasteiger partial charge in [-0.2, -0.15) is 0 Å². The zero-order valence-electron chi connectivity index (χ0n) is 46.1. The lowest BCUT2D eigenvalue weighted by Gasteiger charge is -2.48. The van der Waals surface area contributed by atoms with Crippen molar-refractivity contribution in [2.24, 2.45) is 12.5 Å². The lowest BCUT2D eigenvalue weighted by Crippen LogP contribution is -2.58. The quantitative estimate of drug-likeness (QED) is 0.0464. The molecule has 0 spiro atoms. The number of aliphatic hydroxyl groups is 1. The number of phosphoric acid groups is 1.